The normalized spacial score (nSPS) is 11.9. The lowest BCUT2D eigenvalue weighted by atomic mass is 9.95. The fraction of sp³-hybridized carbons (Fsp3) is 0.286. The molecule has 0 bridgehead atoms. The van der Waals surface area contributed by atoms with Crippen LogP contribution in [0.25, 0.3) is 16.6 Å². The second-order valence-corrected chi connectivity index (χ2v) is 7.95. The van der Waals surface area contributed by atoms with Gasteiger partial charge in [0, 0.05) is 41.3 Å². The predicted molar refractivity (Wildman–Crippen MR) is 111 cm³/mol. The predicted octanol–water partition coefficient (Wildman–Crippen LogP) is 3.01. The van der Waals surface area contributed by atoms with Crippen LogP contribution >= 0.6 is 0 Å². The van der Waals surface area contributed by atoms with Crippen molar-refractivity contribution in [3.8, 4) is 6.07 Å². The number of rotatable bonds is 4. The van der Waals surface area contributed by atoms with Gasteiger partial charge in [0.2, 0.25) is 0 Å². The van der Waals surface area contributed by atoms with Crippen LogP contribution in [0.2, 0.25) is 0 Å². The minimum absolute atomic E-state index is 0.124. The number of anilines is 1. The number of aromatic nitrogens is 5. The Labute approximate surface area is 172 Å². The highest BCUT2D eigenvalue weighted by Crippen LogP contribution is 2.32. The van der Waals surface area contributed by atoms with Gasteiger partial charge in [0.05, 0.1) is 16.7 Å². The zero-order chi connectivity index (χ0) is 21.6. The average Bonchev–Trinajstić information content (AvgIpc) is 3.29. The summed E-state index contributed by atoms with van der Waals surface area (Å²) in [5.41, 5.74) is 1.37. The molecular weight excluding hydrogens is 382 g/mol. The number of carbonyl (C=O) groups is 1. The van der Waals surface area contributed by atoms with E-state index >= 15 is 0 Å². The van der Waals surface area contributed by atoms with Crippen LogP contribution in [0.4, 0.5) is 5.69 Å². The van der Waals surface area contributed by atoms with Gasteiger partial charge in [-0.05, 0) is 39.8 Å². The Morgan fingerprint density at radius 3 is 2.70 bits per heavy atom. The van der Waals surface area contributed by atoms with Gasteiger partial charge in [-0.3, -0.25) is 13.9 Å². The van der Waals surface area contributed by atoms with Crippen LogP contribution in [-0.2, 0) is 5.60 Å². The molecule has 30 heavy (non-hydrogen) atoms. The molecule has 0 saturated carbocycles. The van der Waals surface area contributed by atoms with Crippen molar-refractivity contribution in [2.75, 3.05) is 5.32 Å². The van der Waals surface area contributed by atoms with Crippen LogP contribution < -0.4 is 5.32 Å². The van der Waals surface area contributed by atoms with Crippen LogP contribution in [0.15, 0.2) is 37.1 Å². The van der Waals surface area contributed by atoms with Crippen molar-refractivity contribution >= 4 is 28.1 Å². The van der Waals surface area contributed by atoms with E-state index in [0.717, 1.165) is 10.9 Å². The molecule has 1 amide bonds. The topological polar surface area (TPSA) is 121 Å². The van der Waals surface area contributed by atoms with Gasteiger partial charge in [-0.2, -0.15) is 10.4 Å². The van der Waals surface area contributed by atoms with Gasteiger partial charge in [0.1, 0.15) is 12.4 Å². The maximum atomic E-state index is 13.0. The number of nitrogens with zero attached hydrogens (tertiary/aromatic N) is 6. The number of fused-ring (bicyclic) bond motifs is 2. The Kier molecular flexibility index (Phi) is 4.51. The van der Waals surface area contributed by atoms with Crippen molar-refractivity contribution in [3.05, 3.63) is 53.9 Å². The van der Waals surface area contributed by atoms with E-state index < -0.39 is 11.5 Å². The van der Waals surface area contributed by atoms with Crippen molar-refractivity contribution in [1.29, 1.82) is 5.26 Å². The molecule has 0 aliphatic rings. The molecule has 2 N–H and O–H groups in total. The summed E-state index contributed by atoms with van der Waals surface area (Å²) in [6, 6.07) is 5.77. The van der Waals surface area contributed by atoms with Crippen molar-refractivity contribution < 1.29 is 9.90 Å². The first-order valence-electron chi connectivity index (χ1n) is 9.47. The molecule has 0 aliphatic carbocycles. The zero-order valence-electron chi connectivity index (χ0n) is 17.1. The van der Waals surface area contributed by atoms with Crippen molar-refractivity contribution in [2.45, 2.75) is 39.3 Å². The summed E-state index contributed by atoms with van der Waals surface area (Å²) in [5.74, 6) is -0.462. The second kappa shape index (κ2) is 6.93. The summed E-state index contributed by atoms with van der Waals surface area (Å²) in [6.45, 7) is 7.36. The standard InChI is InChI=1S/C21H21N7O2/c1-12(2)28-10-14-5-17(15(21(3,4)30)6-16(14)26-28)25-20(29)18-19-23-8-13(7-22)9-27(19)11-24-18/h5-6,8-12,30H,1-4H3,(H,25,29). The highest BCUT2D eigenvalue weighted by Gasteiger charge is 2.24. The van der Waals surface area contributed by atoms with Crippen LogP contribution in [0, 0.1) is 11.3 Å². The number of imidazole rings is 1. The van der Waals surface area contributed by atoms with Gasteiger partial charge in [-0.15, -0.1) is 0 Å². The maximum Gasteiger partial charge on any atom is 0.278 e. The van der Waals surface area contributed by atoms with E-state index in [0.29, 0.717) is 22.5 Å². The van der Waals surface area contributed by atoms with Crippen LogP contribution in [-0.4, -0.2) is 35.2 Å². The first-order chi connectivity index (χ1) is 14.2. The average molecular weight is 403 g/mol. The molecule has 0 saturated heterocycles. The fourth-order valence-electron chi connectivity index (χ4n) is 3.26. The molecule has 0 aliphatic heterocycles. The number of nitrogens with one attached hydrogen (secondary N) is 1. The molecule has 0 fully saturated rings. The Morgan fingerprint density at radius 1 is 1.27 bits per heavy atom. The molecule has 9 nitrogen and oxygen atoms in total. The van der Waals surface area contributed by atoms with E-state index in [2.05, 4.69) is 20.4 Å². The van der Waals surface area contributed by atoms with Gasteiger partial charge in [-0.25, -0.2) is 9.97 Å². The first kappa shape index (κ1) is 19.5. The summed E-state index contributed by atoms with van der Waals surface area (Å²) in [7, 11) is 0. The van der Waals surface area contributed by atoms with E-state index in [1.165, 1.54) is 16.9 Å². The summed E-state index contributed by atoms with van der Waals surface area (Å²) < 4.78 is 3.37. The van der Waals surface area contributed by atoms with Gasteiger partial charge < -0.3 is 10.4 Å². The molecule has 4 rings (SSSR count). The van der Waals surface area contributed by atoms with Crippen LogP contribution in [0.1, 0.15) is 55.4 Å². The molecule has 0 atom stereocenters. The Morgan fingerprint density at radius 2 is 2.03 bits per heavy atom. The monoisotopic (exact) mass is 403 g/mol. The summed E-state index contributed by atoms with van der Waals surface area (Å²) in [6.07, 6.45) is 6.29. The Hall–Kier alpha value is -3.77. The second-order valence-electron chi connectivity index (χ2n) is 7.95. The van der Waals surface area contributed by atoms with E-state index in [1.54, 1.807) is 32.2 Å². The smallest absolute Gasteiger partial charge is 0.278 e. The number of carbonyl (C=O) groups excluding carboxylic acids is 1. The molecule has 0 radical (unpaired) electrons. The molecule has 0 spiro atoms. The third kappa shape index (κ3) is 3.38. The highest BCUT2D eigenvalue weighted by atomic mass is 16.3. The van der Waals surface area contributed by atoms with E-state index in [-0.39, 0.29) is 11.7 Å². The number of aliphatic hydroxyl groups is 1. The molecule has 1 aromatic carbocycles. The van der Waals surface area contributed by atoms with Gasteiger partial charge in [0.25, 0.3) is 5.91 Å². The molecule has 0 unspecified atom stereocenters. The molecular formula is C21H21N7O2. The first-order valence-corrected chi connectivity index (χ1v) is 9.47. The van der Waals surface area contributed by atoms with Crippen LogP contribution in [0.5, 0.6) is 0 Å². The quantitative estimate of drug-likeness (QED) is 0.540. The Balaban J connectivity index is 1.77. The number of amides is 1. The number of benzene rings is 1. The molecule has 152 valence electrons. The number of hydrogen-bond donors (Lipinski definition) is 2. The lowest BCUT2D eigenvalue weighted by molar-refractivity contribution is 0.0794. The summed E-state index contributed by atoms with van der Waals surface area (Å²) >= 11 is 0. The largest absolute Gasteiger partial charge is 0.386 e. The molecule has 3 heterocycles. The van der Waals surface area contributed by atoms with E-state index in [9.17, 15) is 9.90 Å². The number of nitriles is 1. The summed E-state index contributed by atoms with van der Waals surface area (Å²) in [4.78, 5) is 21.3. The van der Waals surface area contributed by atoms with Gasteiger partial charge >= 0.3 is 0 Å². The van der Waals surface area contributed by atoms with Crippen LogP contribution in [0.3, 0.4) is 0 Å². The molecule has 3 aromatic heterocycles. The van der Waals surface area contributed by atoms with E-state index in [4.69, 9.17) is 5.26 Å². The zero-order valence-corrected chi connectivity index (χ0v) is 17.1. The minimum Gasteiger partial charge on any atom is -0.386 e. The lowest BCUT2D eigenvalue weighted by Gasteiger charge is -2.22. The van der Waals surface area contributed by atoms with Crippen molar-refractivity contribution in [3.63, 3.8) is 0 Å². The molecule has 9 heteroatoms. The fourth-order valence-corrected chi connectivity index (χ4v) is 3.26. The number of hydrogen-bond acceptors (Lipinski definition) is 6. The summed E-state index contributed by atoms with van der Waals surface area (Å²) in [5, 5.41) is 27.9. The lowest BCUT2D eigenvalue weighted by Crippen LogP contribution is -2.21. The third-order valence-corrected chi connectivity index (χ3v) is 4.81. The SMILES string of the molecule is CC(C)n1cc2cc(NC(=O)c3ncn4cc(C#N)cnc34)c(C(C)(C)O)cc2n1. The van der Waals surface area contributed by atoms with Gasteiger partial charge in [0.15, 0.2) is 11.3 Å². The van der Waals surface area contributed by atoms with Crippen molar-refractivity contribution in [2.24, 2.45) is 0 Å². The highest BCUT2D eigenvalue weighted by molar-refractivity contribution is 6.08. The minimum atomic E-state index is -1.20. The van der Waals surface area contributed by atoms with E-state index in [1.807, 2.05) is 30.8 Å². The molecule has 4 aromatic rings. The van der Waals surface area contributed by atoms with Crippen molar-refractivity contribution in [1.82, 2.24) is 24.1 Å². The maximum absolute atomic E-state index is 13.0. The third-order valence-electron chi connectivity index (χ3n) is 4.81. The van der Waals surface area contributed by atoms with Gasteiger partial charge in [-0.1, -0.05) is 0 Å². The Bertz CT molecular complexity index is 1320.